The molecular formula is C14H20O5S. The number of Topliss-reactive ketones (excluding diaryl/α,β-unsaturated/α-hetero) is 1. The maximum Gasteiger partial charge on any atom is 0.166 e. The van der Waals surface area contributed by atoms with E-state index in [1.807, 2.05) is 0 Å². The summed E-state index contributed by atoms with van der Waals surface area (Å²) in [7, 11) is -0.0300. The van der Waals surface area contributed by atoms with Crippen molar-refractivity contribution in [2.24, 2.45) is 0 Å². The fourth-order valence-corrected chi connectivity index (χ4v) is 2.64. The predicted molar refractivity (Wildman–Crippen MR) is 77.4 cm³/mol. The summed E-state index contributed by atoms with van der Waals surface area (Å²) in [6, 6.07) is 4.97. The smallest absolute Gasteiger partial charge is 0.166 e. The second kappa shape index (κ2) is 7.28. The van der Waals surface area contributed by atoms with Gasteiger partial charge in [-0.25, -0.2) is 8.42 Å². The number of methoxy groups -OCH3 is 2. The molecule has 0 saturated carbocycles. The molecule has 0 fully saturated rings. The van der Waals surface area contributed by atoms with Gasteiger partial charge >= 0.3 is 0 Å². The molecular weight excluding hydrogens is 280 g/mol. The topological polar surface area (TPSA) is 69.7 Å². The molecule has 20 heavy (non-hydrogen) atoms. The summed E-state index contributed by atoms with van der Waals surface area (Å²) in [4.78, 5) is 12.1. The van der Waals surface area contributed by atoms with Gasteiger partial charge in [-0.05, 0) is 24.6 Å². The van der Waals surface area contributed by atoms with Crippen molar-refractivity contribution in [1.82, 2.24) is 0 Å². The monoisotopic (exact) mass is 300 g/mol. The molecule has 0 aromatic heterocycles. The Hall–Kier alpha value is -1.56. The summed E-state index contributed by atoms with van der Waals surface area (Å²) < 4.78 is 33.0. The number of ketones is 1. The van der Waals surface area contributed by atoms with Crippen LogP contribution < -0.4 is 9.47 Å². The fourth-order valence-electron chi connectivity index (χ4n) is 1.76. The Morgan fingerprint density at radius 3 is 2.45 bits per heavy atom. The van der Waals surface area contributed by atoms with Crippen molar-refractivity contribution in [2.45, 2.75) is 19.8 Å². The van der Waals surface area contributed by atoms with Gasteiger partial charge in [0.15, 0.2) is 5.78 Å². The molecule has 0 atom stereocenters. The van der Waals surface area contributed by atoms with Crippen molar-refractivity contribution in [1.29, 1.82) is 0 Å². The number of sulfone groups is 1. The molecule has 0 saturated heterocycles. The number of benzene rings is 1. The lowest BCUT2D eigenvalue weighted by atomic mass is 10.1. The lowest BCUT2D eigenvalue weighted by Gasteiger charge is -2.09. The molecule has 112 valence electrons. The number of rotatable bonds is 8. The molecule has 0 spiro atoms. The van der Waals surface area contributed by atoms with Gasteiger partial charge in [-0.2, -0.15) is 0 Å². The molecule has 0 aliphatic carbocycles. The number of carbonyl (C=O) groups is 1. The lowest BCUT2D eigenvalue weighted by molar-refractivity contribution is 0.0978. The number of ether oxygens (including phenoxy) is 2. The molecule has 0 aliphatic rings. The molecule has 1 aromatic rings. The summed E-state index contributed by atoms with van der Waals surface area (Å²) >= 11 is 0. The van der Waals surface area contributed by atoms with Crippen molar-refractivity contribution < 1.29 is 22.7 Å². The molecule has 5 nitrogen and oxygen atoms in total. The van der Waals surface area contributed by atoms with Crippen LogP contribution in [0.25, 0.3) is 0 Å². The summed E-state index contributed by atoms with van der Waals surface area (Å²) in [6.07, 6.45) is 0.484. The normalized spacial score (nSPS) is 11.2. The molecule has 0 amide bonds. The van der Waals surface area contributed by atoms with Crippen LogP contribution in [0.15, 0.2) is 18.2 Å². The van der Waals surface area contributed by atoms with Crippen LogP contribution in [0, 0.1) is 0 Å². The molecule has 0 unspecified atom stereocenters. The first kappa shape index (κ1) is 16.5. The standard InChI is InChI=1S/C14H20O5S/c1-4-20(16,17)9-5-6-13(15)12-10-11(18-2)7-8-14(12)19-3/h7-8,10H,4-6,9H2,1-3H3. The third kappa shape index (κ3) is 4.52. The maximum atomic E-state index is 12.1. The maximum absolute atomic E-state index is 12.1. The van der Waals surface area contributed by atoms with E-state index in [1.165, 1.54) is 14.2 Å². The van der Waals surface area contributed by atoms with Crippen LogP contribution >= 0.6 is 0 Å². The van der Waals surface area contributed by atoms with Crippen molar-refractivity contribution in [2.75, 3.05) is 25.7 Å². The van der Waals surface area contributed by atoms with E-state index >= 15 is 0 Å². The average Bonchev–Trinajstić information content (AvgIpc) is 2.46. The number of hydrogen-bond donors (Lipinski definition) is 0. The minimum absolute atomic E-state index is 0.0293. The van der Waals surface area contributed by atoms with Crippen LogP contribution in [0.2, 0.25) is 0 Å². The van der Waals surface area contributed by atoms with E-state index in [0.717, 1.165) is 0 Å². The van der Waals surface area contributed by atoms with E-state index in [4.69, 9.17) is 9.47 Å². The SMILES string of the molecule is CCS(=O)(=O)CCCC(=O)c1cc(OC)ccc1OC. The Morgan fingerprint density at radius 2 is 1.90 bits per heavy atom. The van der Waals surface area contributed by atoms with Gasteiger partial charge in [-0.3, -0.25) is 4.79 Å². The van der Waals surface area contributed by atoms with E-state index < -0.39 is 9.84 Å². The van der Waals surface area contributed by atoms with Gasteiger partial charge in [0.05, 0.1) is 25.5 Å². The molecule has 6 heteroatoms. The average molecular weight is 300 g/mol. The molecule has 0 N–H and O–H groups in total. The van der Waals surface area contributed by atoms with Gasteiger partial charge in [0.2, 0.25) is 0 Å². The molecule has 1 rings (SSSR count). The summed E-state index contributed by atoms with van der Waals surface area (Å²) in [5.41, 5.74) is 0.417. The first-order valence-corrected chi connectivity index (χ1v) is 8.21. The summed E-state index contributed by atoms with van der Waals surface area (Å²) in [5.74, 6) is 1.02. The van der Waals surface area contributed by atoms with E-state index in [1.54, 1.807) is 25.1 Å². The third-order valence-corrected chi connectivity index (χ3v) is 4.80. The second-order valence-corrected chi connectivity index (χ2v) is 6.80. The zero-order chi connectivity index (χ0) is 15.2. The first-order chi connectivity index (χ1) is 9.43. The van der Waals surface area contributed by atoms with Crippen molar-refractivity contribution in [3.05, 3.63) is 23.8 Å². The lowest BCUT2D eigenvalue weighted by Crippen LogP contribution is -2.11. The van der Waals surface area contributed by atoms with Crippen molar-refractivity contribution in [3.8, 4) is 11.5 Å². The highest BCUT2D eigenvalue weighted by Crippen LogP contribution is 2.25. The van der Waals surface area contributed by atoms with Gasteiger partial charge in [-0.1, -0.05) is 6.92 Å². The Balaban J connectivity index is 2.76. The van der Waals surface area contributed by atoms with Gasteiger partial charge < -0.3 is 9.47 Å². The molecule has 0 bridgehead atoms. The summed E-state index contributed by atoms with van der Waals surface area (Å²) in [6.45, 7) is 1.60. The Bertz CT molecular complexity index is 563. The number of hydrogen-bond acceptors (Lipinski definition) is 5. The van der Waals surface area contributed by atoms with Crippen LogP contribution in [-0.2, 0) is 9.84 Å². The van der Waals surface area contributed by atoms with Crippen LogP contribution in [-0.4, -0.2) is 39.9 Å². The van der Waals surface area contributed by atoms with Gasteiger partial charge in [-0.15, -0.1) is 0 Å². The predicted octanol–water partition coefficient (Wildman–Crippen LogP) is 2.10. The quantitative estimate of drug-likeness (QED) is 0.688. The highest BCUT2D eigenvalue weighted by molar-refractivity contribution is 7.91. The Morgan fingerprint density at radius 1 is 1.20 bits per heavy atom. The van der Waals surface area contributed by atoms with Gasteiger partial charge in [0.25, 0.3) is 0 Å². The van der Waals surface area contributed by atoms with Crippen LogP contribution in [0.3, 0.4) is 0 Å². The zero-order valence-corrected chi connectivity index (χ0v) is 12.8. The number of carbonyl (C=O) groups excluding carboxylic acids is 1. The fraction of sp³-hybridized carbons (Fsp3) is 0.500. The van der Waals surface area contributed by atoms with E-state index in [9.17, 15) is 13.2 Å². The van der Waals surface area contributed by atoms with E-state index in [0.29, 0.717) is 23.5 Å². The minimum atomic E-state index is -3.03. The Kier molecular flexibility index (Phi) is 6.01. The van der Waals surface area contributed by atoms with E-state index in [2.05, 4.69) is 0 Å². The largest absolute Gasteiger partial charge is 0.497 e. The van der Waals surface area contributed by atoms with Gasteiger partial charge in [0, 0.05) is 12.2 Å². The third-order valence-electron chi connectivity index (χ3n) is 3.01. The zero-order valence-electron chi connectivity index (χ0n) is 12.0. The highest BCUT2D eigenvalue weighted by Gasteiger charge is 2.15. The van der Waals surface area contributed by atoms with Crippen LogP contribution in [0.5, 0.6) is 11.5 Å². The molecule has 0 heterocycles. The first-order valence-electron chi connectivity index (χ1n) is 6.39. The molecule has 0 radical (unpaired) electrons. The molecule has 1 aromatic carbocycles. The second-order valence-electron chi connectivity index (χ2n) is 4.33. The molecule has 0 aliphatic heterocycles. The Labute approximate surface area is 119 Å². The van der Waals surface area contributed by atoms with Crippen LogP contribution in [0.4, 0.5) is 0 Å². The van der Waals surface area contributed by atoms with Gasteiger partial charge in [0.1, 0.15) is 21.3 Å². The summed E-state index contributed by atoms with van der Waals surface area (Å²) in [5, 5.41) is 0. The van der Waals surface area contributed by atoms with Crippen molar-refractivity contribution >= 4 is 15.6 Å². The van der Waals surface area contributed by atoms with Crippen molar-refractivity contribution in [3.63, 3.8) is 0 Å². The van der Waals surface area contributed by atoms with Crippen LogP contribution in [0.1, 0.15) is 30.1 Å². The minimum Gasteiger partial charge on any atom is -0.497 e. The van der Waals surface area contributed by atoms with E-state index in [-0.39, 0.29) is 23.7 Å². The highest BCUT2D eigenvalue weighted by atomic mass is 32.2.